The molecule has 2 heterocycles. The number of carbonyl (C=O) groups excluding carboxylic acids is 7. The van der Waals surface area contributed by atoms with E-state index in [1.165, 1.54) is 127 Å². The molecule has 4 unspecified atom stereocenters. The Balaban J connectivity index is 0.000000166. The zero-order valence-electron chi connectivity index (χ0n) is 73.6. The number of fused-ring (bicyclic) bond motifs is 3. The van der Waals surface area contributed by atoms with Crippen LogP contribution in [-0.2, 0) is 57.8 Å². The lowest BCUT2D eigenvalue weighted by Gasteiger charge is -2.61. The van der Waals surface area contributed by atoms with E-state index in [2.05, 4.69) is 149 Å². The topological polar surface area (TPSA) is 256 Å². The van der Waals surface area contributed by atoms with E-state index in [9.17, 15) is 59.7 Å². The molecule has 18 nitrogen and oxygen atoms in total. The molecule has 16 rings (SSSR count). The number of esters is 4. The highest BCUT2D eigenvalue weighted by Gasteiger charge is 2.65. The Hall–Kier alpha value is -7.89. The fourth-order valence-electron chi connectivity index (χ4n) is 18.6. The minimum absolute atomic E-state index is 0.00100. The number of benzene rings is 5. The lowest BCUT2D eigenvalue weighted by molar-refractivity contribution is -0.239. The summed E-state index contributed by atoms with van der Waals surface area (Å²) in [6.45, 7) is 36.3. The summed E-state index contributed by atoms with van der Waals surface area (Å²) in [7, 11) is -5.21. The number of amides is 3. The maximum absolute atomic E-state index is 13.3. The van der Waals surface area contributed by atoms with Crippen molar-refractivity contribution in [2.75, 3.05) is 5.75 Å². The lowest BCUT2D eigenvalue weighted by atomic mass is 9.46. The fourth-order valence-corrected chi connectivity index (χ4v) is 21.6. The minimum atomic E-state index is -5.27. The first-order valence-electron chi connectivity index (χ1n) is 42.9. The van der Waals surface area contributed by atoms with Crippen LogP contribution >= 0.6 is 10.5 Å². The number of phenolic OH excluding ortho intramolecular Hbond substituents is 1. The molecule has 9 saturated carbocycles. The normalized spacial score (nSPS) is 24.4. The molecule has 8 bridgehead atoms. The molecule has 1 N–H and O–H groups in total. The van der Waals surface area contributed by atoms with Crippen molar-refractivity contribution in [1.29, 1.82) is 0 Å². The Morgan fingerprint density at radius 2 is 1.04 bits per heavy atom. The van der Waals surface area contributed by atoms with E-state index in [4.69, 9.17) is 28.8 Å². The molecule has 1 aromatic heterocycles. The van der Waals surface area contributed by atoms with Gasteiger partial charge in [-0.15, -0.1) is 0 Å². The Morgan fingerprint density at radius 1 is 0.588 bits per heavy atom. The number of alkyl halides is 3. The van der Waals surface area contributed by atoms with Gasteiger partial charge in [-0.3, -0.25) is 28.8 Å². The van der Waals surface area contributed by atoms with Crippen LogP contribution < -0.4 is 9.47 Å². The number of aromatic hydroxyl groups is 1. The Morgan fingerprint density at radius 3 is 1.50 bits per heavy atom. The number of cyclic esters (lactones) is 1. The SMILES string of the molecule is CCC(C)(C)C(=O)N1C(=O)OC(C)(C)C1=O.CCC(C)(C)C(=O)OC(C)(C)C12CC3CC(CC(C3)C1)C2.CCC(C)(C)C(=O)OC12CC3CC(C1)CC(C(=O)OC(CS(=O)(=O)[O-])C(F)(F)F)(C3)C2.CCC(C)(C)C(=O)Oc1ccc(O)cc1.CCC(C)c1ccc(OC2(C)CCCC2)cc1.c1ccc(-[s+]2c3ccccc3c3ccccc32)cc1. The summed E-state index contributed by atoms with van der Waals surface area (Å²) < 4.78 is 108. The van der Waals surface area contributed by atoms with Crippen molar-refractivity contribution in [1.82, 2.24) is 4.90 Å². The molecule has 1 saturated heterocycles. The molecule has 119 heavy (non-hydrogen) atoms. The van der Waals surface area contributed by atoms with E-state index in [1.54, 1.807) is 39.8 Å². The number of hydrogen-bond donors (Lipinski definition) is 1. The third-order valence-electron chi connectivity index (χ3n) is 27.2. The molecular weight excluding hydrogens is 1560 g/mol. The molecule has 10 fully saturated rings. The minimum Gasteiger partial charge on any atom is -0.748 e. The molecule has 1 aliphatic heterocycles. The Bertz CT molecular complexity index is 4570. The maximum atomic E-state index is 13.3. The third kappa shape index (κ3) is 22.7. The van der Waals surface area contributed by atoms with E-state index in [-0.39, 0.29) is 68.4 Å². The van der Waals surface area contributed by atoms with Gasteiger partial charge in [0.15, 0.2) is 19.9 Å². The first-order valence-corrected chi connectivity index (χ1v) is 45.7. The van der Waals surface area contributed by atoms with Gasteiger partial charge in [-0.2, -0.15) is 18.1 Å². The van der Waals surface area contributed by atoms with Crippen LogP contribution in [0.3, 0.4) is 0 Å². The van der Waals surface area contributed by atoms with Crippen LogP contribution in [0.4, 0.5) is 18.0 Å². The second kappa shape index (κ2) is 37.0. The molecule has 9 aliphatic carbocycles. The van der Waals surface area contributed by atoms with Crippen molar-refractivity contribution in [2.45, 2.75) is 307 Å². The van der Waals surface area contributed by atoms with E-state index in [1.807, 2.05) is 48.5 Å². The van der Waals surface area contributed by atoms with Crippen molar-refractivity contribution in [3.8, 4) is 22.1 Å². The van der Waals surface area contributed by atoms with E-state index in [0.29, 0.717) is 55.1 Å². The molecule has 23 heteroatoms. The average Bonchev–Trinajstić information content (AvgIpc) is 1.57. The monoisotopic (exact) mass is 1690 g/mol. The van der Waals surface area contributed by atoms with Gasteiger partial charge in [0.25, 0.3) is 5.91 Å². The van der Waals surface area contributed by atoms with Crippen LogP contribution in [-0.4, -0.2) is 105 Å². The number of phenols is 1. The lowest BCUT2D eigenvalue weighted by Crippen LogP contribution is -2.61. The van der Waals surface area contributed by atoms with E-state index in [0.717, 1.165) is 42.8 Å². The van der Waals surface area contributed by atoms with E-state index >= 15 is 0 Å². The summed E-state index contributed by atoms with van der Waals surface area (Å²) in [6.07, 6.45) is 10.4. The standard InChI is InChI=1S/C20H29F3O7S.C19H32O2.C18H13S.C16H24O.C12H16O3.C11H17NO4/c1-4-17(2,3)15(24)30-19-8-12-5-13(9-19)7-18(6-12,11-19)16(25)29-14(20(21,22)23)10-31(26,27)28;1-6-17(2,3)16(20)21-18(4,5)19-10-13-7-14(11-19)9-15(8-13)12-19;1-2-8-14(9-3-1)19-17-12-6-4-10-15(17)16-11-5-7-13-18(16)19;1-4-13(2)14-7-9-15(10-8-14)17-16(3)11-5-6-12-16;1-4-12(2,3)11(14)15-10-7-5-9(13)6-8-10;1-6-10(2,3)7(13)12-8(14)11(4,5)16-9(12)15/h12-14H,4-11H2,1-3H3,(H,26,27,28);13-15H,6-12H2,1-5H3;1-13H;7-10,13H,4-6,11-12H2,1-3H3;5-8,13H,4H2,1-3H3;6H2,1-5H3/q;;+1;;;/p-1. The Kier molecular flexibility index (Phi) is 29.6. The van der Waals surface area contributed by atoms with Gasteiger partial charge < -0.3 is 38.1 Å². The number of carbonyl (C=O) groups is 7. The van der Waals surface area contributed by atoms with Crippen LogP contribution in [0.15, 0.2) is 127 Å². The van der Waals surface area contributed by atoms with Gasteiger partial charge in [0.05, 0.1) is 37.5 Å². The first-order chi connectivity index (χ1) is 55.3. The number of rotatable bonds is 21. The summed E-state index contributed by atoms with van der Waals surface area (Å²) in [6, 6.07) is 43.2. The highest BCUT2D eigenvalue weighted by atomic mass is 32.2. The molecule has 4 atom stereocenters. The van der Waals surface area contributed by atoms with Gasteiger partial charge in [-0.25, -0.2) is 13.2 Å². The third-order valence-corrected chi connectivity index (χ3v) is 30.3. The van der Waals surface area contributed by atoms with Crippen molar-refractivity contribution in [2.24, 2.45) is 62.1 Å². The van der Waals surface area contributed by atoms with Gasteiger partial charge in [-0.05, 0) is 318 Å². The molecule has 0 radical (unpaired) electrons. The number of nitrogens with zero attached hydrogens (tertiary/aromatic N) is 1. The van der Waals surface area contributed by atoms with Crippen LogP contribution in [0.5, 0.6) is 17.2 Å². The van der Waals surface area contributed by atoms with Crippen molar-refractivity contribution in [3.05, 3.63) is 133 Å². The summed E-state index contributed by atoms with van der Waals surface area (Å²) in [4.78, 5) is 87.2. The summed E-state index contributed by atoms with van der Waals surface area (Å²) in [5.41, 5.74) is -4.34. The Labute approximate surface area is 706 Å². The smallest absolute Gasteiger partial charge is 0.426 e. The van der Waals surface area contributed by atoms with Crippen LogP contribution in [0, 0.1) is 62.1 Å². The summed E-state index contributed by atoms with van der Waals surface area (Å²) in [5, 5.41) is 11.8. The van der Waals surface area contributed by atoms with Gasteiger partial charge >= 0.3 is 36.1 Å². The van der Waals surface area contributed by atoms with Gasteiger partial charge in [0.1, 0.15) is 34.1 Å². The molecule has 10 aliphatic rings. The van der Waals surface area contributed by atoms with Crippen LogP contribution in [0.2, 0.25) is 0 Å². The van der Waals surface area contributed by atoms with Crippen molar-refractivity contribution < 1.29 is 93.2 Å². The highest BCUT2D eigenvalue weighted by Crippen LogP contribution is 2.66. The first kappa shape index (κ1) is 95.0. The quantitative estimate of drug-likeness (QED) is 0.0231. The van der Waals surface area contributed by atoms with Crippen molar-refractivity contribution >= 4 is 82.5 Å². The molecule has 6 aromatic rings. The van der Waals surface area contributed by atoms with Crippen LogP contribution in [0.1, 0.15) is 278 Å². The number of imide groups is 3. The number of ether oxygens (including phenoxy) is 6. The fraction of sp³-hybridized carbons (Fsp3) is 0.615. The molecule has 654 valence electrons. The molecule has 0 spiro atoms. The highest BCUT2D eigenvalue weighted by molar-refractivity contribution is 7.85. The van der Waals surface area contributed by atoms with Crippen molar-refractivity contribution in [3.63, 3.8) is 0 Å². The second-order valence-electron chi connectivity index (χ2n) is 39.0. The zero-order valence-corrected chi connectivity index (χ0v) is 75.2. The molecule has 5 aromatic carbocycles. The van der Waals surface area contributed by atoms with E-state index < -0.39 is 90.9 Å². The van der Waals surface area contributed by atoms with Gasteiger partial charge in [-0.1, -0.05) is 110 Å². The predicted octanol–water partition coefficient (Wildman–Crippen LogP) is 23.4. The van der Waals surface area contributed by atoms with Gasteiger partial charge in [0.2, 0.25) is 12.0 Å². The number of thiophene rings is 1. The molecule has 3 amide bonds. The van der Waals surface area contributed by atoms with Crippen LogP contribution in [0.25, 0.3) is 25.1 Å². The zero-order chi connectivity index (χ0) is 88.1. The van der Waals surface area contributed by atoms with Gasteiger partial charge in [0, 0.05) is 38.5 Å². The maximum Gasteiger partial charge on any atom is 0.426 e. The summed E-state index contributed by atoms with van der Waals surface area (Å²) >= 11 is 0. The number of hydrogen-bond acceptors (Lipinski definition) is 17. The number of halogens is 3. The largest absolute Gasteiger partial charge is 0.748 e. The average molecular weight is 1690 g/mol. The molecular formula is C96H130F3NO17S2. The second-order valence-corrected chi connectivity index (χ2v) is 42.4. The summed E-state index contributed by atoms with van der Waals surface area (Å²) in [5.74, 6) is 0.176. The predicted molar refractivity (Wildman–Crippen MR) is 458 cm³/mol.